The summed E-state index contributed by atoms with van der Waals surface area (Å²) in [5.74, 6) is 0.834. The molecule has 0 radical (unpaired) electrons. The van der Waals surface area contributed by atoms with Gasteiger partial charge in [-0.05, 0) is 45.1 Å². The molecule has 0 saturated carbocycles. The summed E-state index contributed by atoms with van der Waals surface area (Å²) in [6, 6.07) is 6.20. The van der Waals surface area contributed by atoms with E-state index >= 15 is 0 Å². The molecule has 0 atom stereocenters. The maximum atomic E-state index is 6.57. The van der Waals surface area contributed by atoms with Gasteiger partial charge in [-0.15, -0.1) is 0 Å². The third-order valence-corrected chi connectivity index (χ3v) is 6.12. The molecule has 28 heavy (non-hydrogen) atoms. The second-order valence-electron chi connectivity index (χ2n) is 7.78. The van der Waals surface area contributed by atoms with Crippen molar-refractivity contribution in [3.8, 4) is 0 Å². The van der Waals surface area contributed by atoms with Crippen LogP contribution in [0.1, 0.15) is 24.8 Å². The largest absolute Gasteiger partial charge is 0.369 e. The first-order valence-corrected chi connectivity index (χ1v) is 10.9. The molecule has 0 unspecified atom stereocenters. The number of piperazine rings is 1. The minimum absolute atomic E-state index is 0.671. The van der Waals surface area contributed by atoms with Gasteiger partial charge in [-0.3, -0.25) is 4.99 Å². The van der Waals surface area contributed by atoms with Gasteiger partial charge in [0.25, 0.3) is 0 Å². The van der Waals surface area contributed by atoms with Gasteiger partial charge in [0.1, 0.15) is 0 Å². The van der Waals surface area contributed by atoms with E-state index in [1.807, 2.05) is 19.2 Å². The molecule has 3 rings (SSSR count). The van der Waals surface area contributed by atoms with E-state index in [1.54, 1.807) is 0 Å². The lowest BCUT2D eigenvalue weighted by Gasteiger charge is -2.35. The van der Waals surface area contributed by atoms with Crippen molar-refractivity contribution >= 4 is 23.2 Å². The highest BCUT2D eigenvalue weighted by Gasteiger charge is 2.18. The van der Waals surface area contributed by atoms with Crippen molar-refractivity contribution in [1.82, 2.24) is 20.4 Å². The summed E-state index contributed by atoms with van der Waals surface area (Å²) in [4.78, 5) is 11.7. The molecule has 0 bridgehead atoms. The Kier molecular flexibility index (Phi) is 8.25. The van der Waals surface area contributed by atoms with Crippen LogP contribution in [0.25, 0.3) is 0 Å². The topological polar surface area (TPSA) is 46.1 Å². The fourth-order valence-corrected chi connectivity index (χ4v) is 4.21. The van der Waals surface area contributed by atoms with E-state index in [0.717, 1.165) is 55.8 Å². The minimum atomic E-state index is 0.671. The van der Waals surface area contributed by atoms with Gasteiger partial charge in [0.2, 0.25) is 0 Å². The third kappa shape index (κ3) is 6.00. The van der Waals surface area contributed by atoms with Crippen molar-refractivity contribution in [1.29, 1.82) is 0 Å². The highest BCUT2D eigenvalue weighted by Crippen LogP contribution is 2.28. The molecule has 156 valence electrons. The first-order valence-electron chi connectivity index (χ1n) is 10.5. The zero-order chi connectivity index (χ0) is 19.8. The van der Waals surface area contributed by atoms with Crippen molar-refractivity contribution in [3.05, 3.63) is 28.8 Å². The fourth-order valence-electron chi connectivity index (χ4n) is 3.97. The quantitative estimate of drug-likeness (QED) is 0.560. The van der Waals surface area contributed by atoms with E-state index in [9.17, 15) is 0 Å². The number of guanidine groups is 1. The van der Waals surface area contributed by atoms with E-state index < -0.39 is 0 Å². The molecule has 7 heteroatoms. The number of benzene rings is 1. The Morgan fingerprint density at radius 2 is 1.79 bits per heavy atom. The first-order chi connectivity index (χ1) is 13.7. The summed E-state index contributed by atoms with van der Waals surface area (Å²) in [5, 5.41) is 7.71. The van der Waals surface area contributed by atoms with Crippen molar-refractivity contribution < 1.29 is 0 Å². The second-order valence-corrected chi connectivity index (χ2v) is 8.19. The van der Waals surface area contributed by atoms with Crippen LogP contribution in [0.15, 0.2) is 23.2 Å². The monoisotopic (exact) mass is 406 g/mol. The summed E-state index contributed by atoms with van der Waals surface area (Å²) in [5.41, 5.74) is 2.38. The van der Waals surface area contributed by atoms with Gasteiger partial charge >= 0.3 is 0 Å². The van der Waals surface area contributed by atoms with E-state index in [2.05, 4.69) is 43.4 Å². The van der Waals surface area contributed by atoms with Crippen LogP contribution in [-0.4, -0.2) is 82.2 Å². The number of piperidine rings is 1. The van der Waals surface area contributed by atoms with Crippen molar-refractivity contribution in [2.75, 3.05) is 71.4 Å². The number of likely N-dealkylation sites (N-methyl/N-ethyl adjacent to an activating group) is 1. The summed E-state index contributed by atoms with van der Waals surface area (Å²) >= 11 is 6.57. The Hall–Kier alpha value is -1.50. The van der Waals surface area contributed by atoms with Gasteiger partial charge in [0.05, 0.1) is 0 Å². The van der Waals surface area contributed by atoms with E-state index in [4.69, 9.17) is 11.6 Å². The summed E-state index contributed by atoms with van der Waals surface area (Å²) < 4.78 is 0. The van der Waals surface area contributed by atoms with Gasteiger partial charge in [-0.2, -0.15) is 0 Å². The van der Waals surface area contributed by atoms with Crippen molar-refractivity contribution in [2.45, 2.75) is 25.8 Å². The third-order valence-electron chi connectivity index (χ3n) is 5.76. The molecule has 1 aromatic rings. The summed E-state index contributed by atoms with van der Waals surface area (Å²) in [6.07, 6.45) is 4.03. The molecule has 0 aliphatic carbocycles. The highest BCUT2D eigenvalue weighted by molar-refractivity contribution is 6.31. The Bertz CT molecular complexity index is 636. The van der Waals surface area contributed by atoms with Crippen LogP contribution in [0.5, 0.6) is 0 Å². The van der Waals surface area contributed by atoms with Crippen LogP contribution in [-0.2, 0) is 6.54 Å². The fraction of sp³-hybridized carbons (Fsp3) is 0.667. The number of nitrogens with zero attached hydrogens (tertiary/aromatic N) is 4. The average molecular weight is 407 g/mol. The zero-order valence-electron chi connectivity index (χ0n) is 17.4. The molecule has 2 aliphatic rings. The molecular weight excluding hydrogens is 372 g/mol. The summed E-state index contributed by atoms with van der Waals surface area (Å²) in [6.45, 7) is 9.33. The van der Waals surface area contributed by atoms with Gasteiger partial charge in [-0.1, -0.05) is 24.1 Å². The lowest BCUT2D eigenvalue weighted by molar-refractivity contribution is 0.232. The van der Waals surface area contributed by atoms with Gasteiger partial charge in [-0.25, -0.2) is 0 Å². The molecule has 2 aliphatic heterocycles. The Balaban J connectivity index is 1.53. The standard InChI is InChI=1S/C21H35ClN6/c1-23-21(24-9-12-27-10-4-3-5-11-27)25-17-18-19(22)7-6-8-20(18)28-15-13-26(2)14-16-28/h6-8H,3-5,9-17H2,1-2H3,(H2,23,24,25). The molecular formula is C21H35ClN6. The zero-order valence-corrected chi connectivity index (χ0v) is 18.1. The molecule has 2 heterocycles. The number of nitrogens with one attached hydrogen (secondary N) is 2. The van der Waals surface area contributed by atoms with E-state index in [1.165, 1.54) is 38.0 Å². The molecule has 2 saturated heterocycles. The van der Waals surface area contributed by atoms with Crippen LogP contribution >= 0.6 is 11.6 Å². The molecule has 2 N–H and O–H groups in total. The Morgan fingerprint density at radius 3 is 2.50 bits per heavy atom. The second kappa shape index (κ2) is 10.9. The molecule has 0 amide bonds. The van der Waals surface area contributed by atoms with Crippen LogP contribution in [0.3, 0.4) is 0 Å². The van der Waals surface area contributed by atoms with Crippen LogP contribution in [0, 0.1) is 0 Å². The predicted molar refractivity (Wildman–Crippen MR) is 120 cm³/mol. The van der Waals surface area contributed by atoms with Crippen molar-refractivity contribution in [3.63, 3.8) is 0 Å². The lowest BCUT2D eigenvalue weighted by atomic mass is 10.1. The molecule has 0 aromatic heterocycles. The number of hydrogen-bond acceptors (Lipinski definition) is 4. The number of aliphatic imine (C=N–C) groups is 1. The van der Waals surface area contributed by atoms with E-state index in [0.29, 0.717) is 6.54 Å². The molecule has 6 nitrogen and oxygen atoms in total. The molecule has 0 spiro atoms. The van der Waals surface area contributed by atoms with Crippen LogP contribution in [0.2, 0.25) is 5.02 Å². The number of likely N-dealkylation sites (tertiary alicyclic amines) is 1. The van der Waals surface area contributed by atoms with Crippen LogP contribution < -0.4 is 15.5 Å². The number of hydrogen-bond donors (Lipinski definition) is 2. The van der Waals surface area contributed by atoms with Gasteiger partial charge < -0.3 is 25.3 Å². The van der Waals surface area contributed by atoms with Crippen molar-refractivity contribution in [2.24, 2.45) is 4.99 Å². The minimum Gasteiger partial charge on any atom is -0.369 e. The Morgan fingerprint density at radius 1 is 1.04 bits per heavy atom. The van der Waals surface area contributed by atoms with Gasteiger partial charge in [0.15, 0.2) is 5.96 Å². The molecule has 2 fully saturated rings. The first kappa shape index (κ1) is 21.2. The highest BCUT2D eigenvalue weighted by atomic mass is 35.5. The maximum Gasteiger partial charge on any atom is 0.191 e. The van der Waals surface area contributed by atoms with E-state index in [-0.39, 0.29) is 0 Å². The maximum absolute atomic E-state index is 6.57. The summed E-state index contributed by atoms with van der Waals surface area (Å²) in [7, 11) is 4.00. The number of halogens is 1. The average Bonchev–Trinajstić information content (AvgIpc) is 2.72. The number of anilines is 1. The normalized spacial score (nSPS) is 19.7. The molecule has 1 aromatic carbocycles. The lowest BCUT2D eigenvalue weighted by Crippen LogP contribution is -2.45. The van der Waals surface area contributed by atoms with Crippen LogP contribution in [0.4, 0.5) is 5.69 Å². The number of rotatable bonds is 6. The smallest absolute Gasteiger partial charge is 0.191 e. The van der Waals surface area contributed by atoms with Gasteiger partial charge in [0, 0.05) is 69.1 Å². The Labute approximate surface area is 174 Å². The predicted octanol–water partition coefficient (Wildman–Crippen LogP) is 2.24. The SMILES string of the molecule is CN=C(NCCN1CCCCC1)NCc1c(Cl)cccc1N1CCN(C)CC1.